The number of para-hydroxylation sites is 1. The van der Waals surface area contributed by atoms with Crippen molar-refractivity contribution in [1.29, 1.82) is 0 Å². The second kappa shape index (κ2) is 10.5. The first-order valence-corrected chi connectivity index (χ1v) is 11.1. The zero-order valence-electron chi connectivity index (χ0n) is 16.4. The number of carbonyl (C=O) groups excluding carboxylic acids is 1. The maximum Gasteiger partial charge on any atom is 0.355 e. The summed E-state index contributed by atoms with van der Waals surface area (Å²) in [4.78, 5) is 16.7. The Balaban J connectivity index is 0.00000126. The Morgan fingerprint density at radius 3 is 2.37 bits per heavy atom. The van der Waals surface area contributed by atoms with Crippen LogP contribution in [0.15, 0.2) is 60.7 Å². The van der Waals surface area contributed by atoms with Gasteiger partial charge >= 0.3 is 5.97 Å². The van der Waals surface area contributed by atoms with Crippen molar-refractivity contribution < 1.29 is 9.53 Å². The number of hydrogen-bond donors (Lipinski definition) is 0. The van der Waals surface area contributed by atoms with E-state index < -0.39 is 0 Å². The van der Waals surface area contributed by atoms with Crippen LogP contribution in [0.5, 0.6) is 0 Å². The Morgan fingerprint density at radius 1 is 1.07 bits per heavy atom. The number of fused-ring (bicyclic) bond motifs is 1. The quantitative estimate of drug-likeness (QED) is 0.289. The lowest BCUT2D eigenvalue weighted by Gasteiger charge is -2.18. The lowest BCUT2D eigenvalue weighted by molar-refractivity contribution is 0.0278. The van der Waals surface area contributed by atoms with E-state index >= 15 is 0 Å². The number of alkyl halides is 1. The number of benzene rings is 2. The third-order valence-electron chi connectivity index (χ3n) is 4.13. The Morgan fingerprint density at radius 2 is 1.70 bits per heavy atom. The molecule has 0 fully saturated rings. The Bertz CT molecular complexity index is 859. The first kappa shape index (κ1) is 21.4. The van der Waals surface area contributed by atoms with Gasteiger partial charge in [-0.1, -0.05) is 71.1 Å². The minimum atomic E-state index is -0.276. The van der Waals surface area contributed by atoms with Crippen molar-refractivity contribution in [2.45, 2.75) is 19.6 Å². The maximum absolute atomic E-state index is 12.8. The summed E-state index contributed by atoms with van der Waals surface area (Å²) in [5.74, 6) is -0.276. The largest absolute Gasteiger partial charge is 0.457 e. The summed E-state index contributed by atoms with van der Waals surface area (Å²) in [5, 5.41) is 1.05. The van der Waals surface area contributed by atoms with Crippen molar-refractivity contribution in [2.24, 2.45) is 0 Å². The van der Waals surface area contributed by atoms with Gasteiger partial charge in [0, 0.05) is 24.0 Å². The van der Waals surface area contributed by atoms with Crippen LogP contribution < -0.4 is 0 Å². The molecule has 0 aliphatic carbocycles. The van der Waals surface area contributed by atoms with Crippen molar-refractivity contribution in [3.63, 3.8) is 0 Å². The van der Waals surface area contributed by atoms with Crippen LogP contribution in [0, 0.1) is 0 Å². The van der Waals surface area contributed by atoms with Crippen LogP contribution in [-0.4, -0.2) is 47.1 Å². The standard InChI is InChI=1S/C21H24N2O2.CH3I/c1-16(14-22(2)3)25-21(24)20-13-18-11-7-8-12-19(18)23(20)15-17-9-5-4-6-10-17;1-2/h4-13,16H,14-15H2,1-3H3;1H3. The van der Waals surface area contributed by atoms with E-state index in [2.05, 4.69) is 34.7 Å². The van der Waals surface area contributed by atoms with E-state index in [1.54, 1.807) is 0 Å². The van der Waals surface area contributed by atoms with E-state index in [1.807, 2.05) is 83.9 Å². The highest BCUT2D eigenvalue weighted by Crippen LogP contribution is 2.22. The van der Waals surface area contributed by atoms with Gasteiger partial charge in [-0.3, -0.25) is 0 Å². The topological polar surface area (TPSA) is 34.5 Å². The summed E-state index contributed by atoms with van der Waals surface area (Å²) in [6.45, 7) is 3.26. The summed E-state index contributed by atoms with van der Waals surface area (Å²) in [5.41, 5.74) is 2.79. The molecule has 1 atom stereocenters. The number of likely N-dealkylation sites (N-methyl/N-ethyl adjacent to an activating group) is 1. The number of nitrogens with zero attached hydrogens (tertiary/aromatic N) is 2. The molecule has 0 radical (unpaired) electrons. The molecule has 0 N–H and O–H groups in total. The van der Waals surface area contributed by atoms with E-state index in [1.165, 1.54) is 0 Å². The second-order valence-electron chi connectivity index (χ2n) is 6.64. The fourth-order valence-corrected chi connectivity index (χ4v) is 3.11. The number of rotatable bonds is 6. The van der Waals surface area contributed by atoms with Crippen molar-refractivity contribution in [1.82, 2.24) is 9.47 Å². The number of aromatic nitrogens is 1. The van der Waals surface area contributed by atoms with Gasteiger partial charge in [-0.2, -0.15) is 0 Å². The van der Waals surface area contributed by atoms with E-state index in [0.717, 1.165) is 16.5 Å². The molecule has 0 bridgehead atoms. The van der Waals surface area contributed by atoms with Gasteiger partial charge in [0.15, 0.2) is 0 Å². The van der Waals surface area contributed by atoms with E-state index in [4.69, 9.17) is 4.74 Å². The highest BCUT2D eigenvalue weighted by molar-refractivity contribution is 14.1. The van der Waals surface area contributed by atoms with Crippen molar-refractivity contribution in [2.75, 3.05) is 25.6 Å². The molecule has 3 rings (SSSR count). The summed E-state index contributed by atoms with van der Waals surface area (Å²) in [6.07, 6.45) is -0.161. The van der Waals surface area contributed by atoms with Gasteiger partial charge in [0.05, 0.1) is 0 Å². The molecule has 27 heavy (non-hydrogen) atoms. The zero-order chi connectivity index (χ0) is 19.8. The monoisotopic (exact) mass is 478 g/mol. The number of ether oxygens (including phenoxy) is 1. The van der Waals surface area contributed by atoms with Gasteiger partial charge in [0.1, 0.15) is 11.8 Å². The SMILES string of the molecule is CC(CN(C)C)OC(=O)c1cc2ccccc2n1Cc1ccccc1.CI. The van der Waals surface area contributed by atoms with Gasteiger partial charge in [-0.05, 0) is 43.6 Å². The van der Waals surface area contributed by atoms with Crippen LogP contribution >= 0.6 is 22.6 Å². The number of carbonyl (C=O) groups is 1. The van der Waals surface area contributed by atoms with Gasteiger partial charge in [0.25, 0.3) is 0 Å². The first-order valence-electron chi connectivity index (χ1n) is 8.90. The summed E-state index contributed by atoms with van der Waals surface area (Å²) >= 11 is 2.15. The molecule has 2 aromatic carbocycles. The number of hydrogen-bond acceptors (Lipinski definition) is 3. The highest BCUT2D eigenvalue weighted by Gasteiger charge is 2.19. The molecular formula is C22H27IN2O2. The van der Waals surface area contributed by atoms with Crippen molar-refractivity contribution >= 4 is 39.5 Å². The van der Waals surface area contributed by atoms with Crippen LogP contribution in [0.3, 0.4) is 0 Å². The van der Waals surface area contributed by atoms with Crippen molar-refractivity contribution in [3.8, 4) is 0 Å². The Labute approximate surface area is 175 Å². The average Bonchev–Trinajstić information content (AvgIpc) is 3.02. The Hall–Kier alpha value is -1.86. The molecule has 0 saturated carbocycles. The molecule has 1 unspecified atom stereocenters. The van der Waals surface area contributed by atoms with E-state index in [-0.39, 0.29) is 12.1 Å². The maximum atomic E-state index is 12.8. The molecule has 0 aliphatic rings. The third-order valence-corrected chi connectivity index (χ3v) is 4.13. The molecule has 0 spiro atoms. The average molecular weight is 478 g/mol. The molecule has 5 heteroatoms. The van der Waals surface area contributed by atoms with Crippen LogP contribution in [-0.2, 0) is 11.3 Å². The number of esters is 1. The molecule has 144 valence electrons. The molecule has 0 saturated heterocycles. The Kier molecular flexibility index (Phi) is 8.31. The lowest BCUT2D eigenvalue weighted by Crippen LogP contribution is -2.28. The number of halogens is 1. The highest BCUT2D eigenvalue weighted by atomic mass is 127. The van der Waals surface area contributed by atoms with Crippen LogP contribution in [0.4, 0.5) is 0 Å². The van der Waals surface area contributed by atoms with Gasteiger partial charge in [-0.25, -0.2) is 4.79 Å². The molecule has 0 aliphatic heterocycles. The van der Waals surface area contributed by atoms with Gasteiger partial charge in [-0.15, -0.1) is 0 Å². The van der Waals surface area contributed by atoms with Crippen LogP contribution in [0.25, 0.3) is 10.9 Å². The van der Waals surface area contributed by atoms with E-state index in [0.29, 0.717) is 18.8 Å². The van der Waals surface area contributed by atoms with Crippen molar-refractivity contribution in [3.05, 3.63) is 71.9 Å². The van der Waals surface area contributed by atoms with E-state index in [9.17, 15) is 4.79 Å². The zero-order valence-corrected chi connectivity index (χ0v) is 18.5. The molecule has 4 nitrogen and oxygen atoms in total. The minimum Gasteiger partial charge on any atom is -0.457 e. The fraction of sp³-hybridized carbons (Fsp3) is 0.318. The van der Waals surface area contributed by atoms with Crippen LogP contribution in [0.2, 0.25) is 0 Å². The van der Waals surface area contributed by atoms with Crippen LogP contribution in [0.1, 0.15) is 23.0 Å². The summed E-state index contributed by atoms with van der Waals surface area (Å²) in [6, 6.07) is 20.1. The normalized spacial score (nSPS) is 11.8. The predicted molar refractivity (Wildman–Crippen MR) is 121 cm³/mol. The molecule has 1 aromatic heterocycles. The second-order valence-corrected chi connectivity index (χ2v) is 6.64. The smallest absolute Gasteiger partial charge is 0.355 e. The fourth-order valence-electron chi connectivity index (χ4n) is 3.11. The third kappa shape index (κ3) is 5.81. The first-order chi connectivity index (χ1) is 13.0. The summed E-state index contributed by atoms with van der Waals surface area (Å²) < 4.78 is 7.69. The minimum absolute atomic E-state index is 0.161. The molecular weight excluding hydrogens is 451 g/mol. The summed E-state index contributed by atoms with van der Waals surface area (Å²) in [7, 11) is 3.94. The lowest BCUT2D eigenvalue weighted by atomic mass is 10.2. The molecule has 0 amide bonds. The molecule has 1 heterocycles. The predicted octanol–water partition coefficient (Wildman–Crippen LogP) is 4.85. The van der Waals surface area contributed by atoms with Gasteiger partial charge in [0.2, 0.25) is 0 Å². The van der Waals surface area contributed by atoms with Gasteiger partial charge < -0.3 is 14.2 Å². The molecule has 3 aromatic rings.